The Morgan fingerprint density at radius 1 is 1.33 bits per heavy atom. The van der Waals surface area contributed by atoms with E-state index in [4.69, 9.17) is 0 Å². The van der Waals surface area contributed by atoms with E-state index < -0.39 is 5.60 Å². The lowest BCUT2D eigenvalue weighted by Gasteiger charge is -2.19. The van der Waals surface area contributed by atoms with Crippen LogP contribution in [0.4, 0.5) is 0 Å². The molecule has 80 valence electrons. The maximum absolute atomic E-state index is 10.1. The molecule has 0 saturated carbocycles. The summed E-state index contributed by atoms with van der Waals surface area (Å²) in [6.45, 7) is 5.57. The summed E-state index contributed by atoms with van der Waals surface area (Å²) < 4.78 is 1.85. The minimum absolute atomic E-state index is 0.826. The number of aryl methyl sites for hydroxylation is 2. The summed E-state index contributed by atoms with van der Waals surface area (Å²) in [5.41, 5.74) is 2.13. The van der Waals surface area contributed by atoms with Gasteiger partial charge < -0.3 is 5.11 Å². The number of rotatable bonds is 1. The molecule has 0 aliphatic carbocycles. The van der Waals surface area contributed by atoms with Crippen LogP contribution >= 0.6 is 0 Å². The van der Waals surface area contributed by atoms with Crippen molar-refractivity contribution in [2.45, 2.75) is 26.4 Å². The molecule has 0 saturated heterocycles. The van der Waals surface area contributed by atoms with Gasteiger partial charge in [0.1, 0.15) is 0 Å². The fourth-order valence-corrected chi connectivity index (χ4v) is 2.03. The van der Waals surface area contributed by atoms with Gasteiger partial charge in [0.15, 0.2) is 0 Å². The molecule has 2 rings (SSSR count). The molecule has 1 N–H and O–H groups in total. The van der Waals surface area contributed by atoms with Crippen molar-refractivity contribution >= 4 is 10.9 Å². The Bertz CT molecular complexity index is 506. The van der Waals surface area contributed by atoms with Crippen molar-refractivity contribution in [3.8, 4) is 0 Å². The highest BCUT2D eigenvalue weighted by molar-refractivity contribution is 5.86. The maximum atomic E-state index is 10.1. The third-order valence-corrected chi connectivity index (χ3v) is 2.71. The predicted molar refractivity (Wildman–Crippen MR) is 60.7 cm³/mol. The van der Waals surface area contributed by atoms with Crippen LogP contribution in [0.3, 0.4) is 0 Å². The molecule has 0 radical (unpaired) electrons. The smallest absolute Gasteiger partial charge is 0.0847 e. The molecule has 0 aliphatic rings. The molecule has 3 heteroatoms. The molecule has 0 atom stereocenters. The molecular formula is C12H16N2O. The quantitative estimate of drug-likeness (QED) is 0.772. The average molecular weight is 204 g/mol. The maximum Gasteiger partial charge on any atom is 0.0847 e. The number of hydrogen-bond acceptors (Lipinski definition) is 2. The molecular weight excluding hydrogens is 188 g/mol. The lowest BCUT2D eigenvalue weighted by molar-refractivity contribution is 0.0801. The van der Waals surface area contributed by atoms with Crippen molar-refractivity contribution in [1.82, 2.24) is 9.78 Å². The number of aromatic nitrogens is 2. The van der Waals surface area contributed by atoms with Crippen LogP contribution < -0.4 is 0 Å². The molecule has 0 unspecified atom stereocenters. The Kier molecular flexibility index (Phi) is 2.08. The van der Waals surface area contributed by atoms with E-state index in [0.29, 0.717) is 0 Å². The van der Waals surface area contributed by atoms with Crippen LogP contribution in [0.1, 0.15) is 25.1 Å². The van der Waals surface area contributed by atoms with E-state index in [1.165, 1.54) is 0 Å². The van der Waals surface area contributed by atoms with Crippen molar-refractivity contribution in [2.24, 2.45) is 7.05 Å². The molecule has 2 aromatic rings. The Hall–Kier alpha value is -1.35. The summed E-state index contributed by atoms with van der Waals surface area (Å²) in [4.78, 5) is 0. The average Bonchev–Trinajstić information content (AvgIpc) is 2.41. The molecule has 15 heavy (non-hydrogen) atoms. The molecule has 3 nitrogen and oxygen atoms in total. The van der Waals surface area contributed by atoms with Gasteiger partial charge in [0.2, 0.25) is 0 Å². The molecule has 0 fully saturated rings. The molecule has 0 spiro atoms. The highest BCUT2D eigenvalue weighted by Crippen LogP contribution is 2.29. The van der Waals surface area contributed by atoms with E-state index >= 15 is 0 Å². The number of nitrogens with zero attached hydrogens (tertiary/aromatic N) is 2. The van der Waals surface area contributed by atoms with Gasteiger partial charge in [0.25, 0.3) is 0 Å². The standard InChI is InChI=1S/C12H16N2O/c1-8-11-9(12(2,3)15)6-5-7-10(11)14(4)13-8/h5-7,15H,1-4H3. The second-order valence-corrected chi connectivity index (χ2v) is 4.47. The summed E-state index contributed by atoms with van der Waals surface area (Å²) in [5.74, 6) is 0. The Balaban J connectivity index is 2.87. The Morgan fingerprint density at radius 3 is 2.60 bits per heavy atom. The highest BCUT2D eigenvalue weighted by atomic mass is 16.3. The van der Waals surface area contributed by atoms with Gasteiger partial charge in [0.05, 0.1) is 16.8 Å². The van der Waals surface area contributed by atoms with Crippen molar-refractivity contribution in [3.05, 3.63) is 29.5 Å². The summed E-state index contributed by atoms with van der Waals surface area (Å²) >= 11 is 0. The van der Waals surface area contributed by atoms with Gasteiger partial charge >= 0.3 is 0 Å². The van der Waals surface area contributed by atoms with Crippen LogP contribution in [-0.4, -0.2) is 14.9 Å². The number of aliphatic hydroxyl groups is 1. The van der Waals surface area contributed by atoms with E-state index in [1.54, 1.807) is 13.8 Å². The first-order valence-corrected chi connectivity index (χ1v) is 5.06. The third kappa shape index (κ3) is 1.53. The van der Waals surface area contributed by atoms with E-state index in [-0.39, 0.29) is 0 Å². The second kappa shape index (κ2) is 3.07. The lowest BCUT2D eigenvalue weighted by atomic mass is 9.94. The molecule has 1 aromatic carbocycles. The first-order valence-electron chi connectivity index (χ1n) is 5.06. The van der Waals surface area contributed by atoms with Gasteiger partial charge in [-0.1, -0.05) is 12.1 Å². The zero-order valence-corrected chi connectivity index (χ0v) is 9.57. The van der Waals surface area contributed by atoms with Crippen molar-refractivity contribution in [2.75, 3.05) is 0 Å². The van der Waals surface area contributed by atoms with Crippen LogP contribution in [0.15, 0.2) is 18.2 Å². The van der Waals surface area contributed by atoms with E-state index in [0.717, 1.165) is 22.2 Å². The van der Waals surface area contributed by atoms with Gasteiger partial charge in [-0.15, -0.1) is 0 Å². The van der Waals surface area contributed by atoms with Crippen molar-refractivity contribution in [1.29, 1.82) is 0 Å². The summed E-state index contributed by atoms with van der Waals surface area (Å²) in [6.07, 6.45) is 0. The van der Waals surface area contributed by atoms with Crippen LogP contribution in [0.2, 0.25) is 0 Å². The van der Waals surface area contributed by atoms with E-state index in [9.17, 15) is 5.11 Å². The van der Waals surface area contributed by atoms with Crippen molar-refractivity contribution in [3.63, 3.8) is 0 Å². The van der Waals surface area contributed by atoms with Crippen LogP contribution in [0.25, 0.3) is 10.9 Å². The van der Waals surface area contributed by atoms with Crippen LogP contribution in [0.5, 0.6) is 0 Å². The number of benzene rings is 1. The molecule has 1 heterocycles. The zero-order valence-electron chi connectivity index (χ0n) is 9.57. The fourth-order valence-electron chi connectivity index (χ4n) is 2.03. The molecule has 0 aliphatic heterocycles. The SMILES string of the molecule is Cc1nn(C)c2cccc(C(C)(C)O)c12. The van der Waals surface area contributed by atoms with Gasteiger partial charge in [-0.05, 0) is 32.4 Å². The fraction of sp³-hybridized carbons (Fsp3) is 0.417. The Morgan fingerprint density at radius 2 is 2.00 bits per heavy atom. The highest BCUT2D eigenvalue weighted by Gasteiger charge is 2.21. The van der Waals surface area contributed by atoms with E-state index in [2.05, 4.69) is 5.10 Å². The monoisotopic (exact) mass is 204 g/mol. The first-order chi connectivity index (χ1) is 6.91. The van der Waals surface area contributed by atoms with Crippen LogP contribution in [0, 0.1) is 6.92 Å². The van der Waals surface area contributed by atoms with Gasteiger partial charge in [-0.2, -0.15) is 5.10 Å². The summed E-state index contributed by atoms with van der Waals surface area (Å²) in [5, 5.41) is 15.5. The largest absolute Gasteiger partial charge is 0.386 e. The summed E-state index contributed by atoms with van der Waals surface area (Å²) in [6, 6.07) is 5.93. The lowest BCUT2D eigenvalue weighted by Crippen LogP contribution is -2.15. The molecule has 1 aromatic heterocycles. The number of hydrogen-bond donors (Lipinski definition) is 1. The Labute approximate surface area is 89.3 Å². The second-order valence-electron chi connectivity index (χ2n) is 4.47. The first kappa shape index (κ1) is 10.2. The van der Waals surface area contributed by atoms with Gasteiger partial charge in [-0.3, -0.25) is 4.68 Å². The molecule has 0 amide bonds. The van der Waals surface area contributed by atoms with Gasteiger partial charge in [-0.25, -0.2) is 0 Å². The van der Waals surface area contributed by atoms with Gasteiger partial charge in [0, 0.05) is 12.4 Å². The van der Waals surface area contributed by atoms with Crippen LogP contribution in [-0.2, 0) is 12.6 Å². The topological polar surface area (TPSA) is 38.0 Å². The predicted octanol–water partition coefficient (Wildman–Crippen LogP) is 2.11. The number of fused-ring (bicyclic) bond motifs is 1. The summed E-state index contributed by atoms with van der Waals surface area (Å²) in [7, 11) is 1.92. The molecule has 0 bridgehead atoms. The van der Waals surface area contributed by atoms with Crippen molar-refractivity contribution < 1.29 is 5.11 Å². The minimum Gasteiger partial charge on any atom is -0.386 e. The van der Waals surface area contributed by atoms with E-state index in [1.807, 2.05) is 36.9 Å². The minimum atomic E-state index is -0.826. The third-order valence-electron chi connectivity index (χ3n) is 2.71. The zero-order chi connectivity index (χ0) is 11.2. The normalized spacial score (nSPS) is 12.3.